The van der Waals surface area contributed by atoms with Crippen LogP contribution in [0.1, 0.15) is 38.7 Å². The van der Waals surface area contributed by atoms with E-state index in [9.17, 15) is 0 Å². The van der Waals surface area contributed by atoms with Crippen LogP contribution >= 0.6 is 0 Å². The third kappa shape index (κ3) is 2.65. The number of aromatic nitrogens is 1. The van der Waals surface area contributed by atoms with Crippen molar-refractivity contribution in [1.82, 2.24) is 4.98 Å². The second kappa shape index (κ2) is 5.43. The van der Waals surface area contributed by atoms with Crippen molar-refractivity contribution >= 4 is 16.6 Å². The number of pyridine rings is 1. The molecule has 2 heteroatoms. The van der Waals surface area contributed by atoms with Gasteiger partial charge in [0.25, 0.3) is 0 Å². The predicted octanol–water partition coefficient (Wildman–Crippen LogP) is 4.78. The molecule has 3 rings (SSSR count). The third-order valence-corrected chi connectivity index (χ3v) is 4.51. The zero-order valence-corrected chi connectivity index (χ0v) is 12.7. The van der Waals surface area contributed by atoms with Gasteiger partial charge in [-0.05, 0) is 61.8 Å². The zero-order chi connectivity index (χ0) is 14.1. The molecule has 0 amide bonds. The number of hydrogen-bond acceptors (Lipinski definition) is 2. The van der Waals surface area contributed by atoms with E-state index in [0.29, 0.717) is 6.04 Å². The van der Waals surface area contributed by atoms with Gasteiger partial charge in [0.2, 0.25) is 0 Å². The Morgan fingerprint density at radius 1 is 1.05 bits per heavy atom. The Kier molecular flexibility index (Phi) is 3.64. The van der Waals surface area contributed by atoms with Gasteiger partial charge >= 0.3 is 0 Å². The minimum Gasteiger partial charge on any atom is -0.382 e. The van der Waals surface area contributed by atoms with Crippen LogP contribution in [-0.4, -0.2) is 11.0 Å². The molecular weight excluding hydrogens is 244 g/mol. The normalized spacial score (nSPS) is 26.6. The number of nitrogens with one attached hydrogen (secondary N) is 1. The highest BCUT2D eigenvalue weighted by Crippen LogP contribution is 2.32. The summed E-state index contributed by atoms with van der Waals surface area (Å²) in [5.74, 6) is 1.65. The molecule has 1 aromatic carbocycles. The van der Waals surface area contributed by atoms with E-state index in [4.69, 9.17) is 0 Å². The topological polar surface area (TPSA) is 24.9 Å². The second-order valence-corrected chi connectivity index (χ2v) is 6.59. The maximum absolute atomic E-state index is 4.52. The van der Waals surface area contributed by atoms with Gasteiger partial charge in [0.1, 0.15) is 0 Å². The van der Waals surface area contributed by atoms with Crippen LogP contribution in [0.4, 0.5) is 5.69 Å². The molecule has 1 saturated carbocycles. The molecule has 1 N–H and O–H groups in total. The van der Waals surface area contributed by atoms with Crippen molar-refractivity contribution in [3.8, 4) is 0 Å². The molecule has 2 atom stereocenters. The van der Waals surface area contributed by atoms with Gasteiger partial charge in [-0.25, -0.2) is 0 Å². The van der Waals surface area contributed by atoms with Crippen LogP contribution < -0.4 is 5.32 Å². The number of fused-ring (bicyclic) bond motifs is 1. The highest BCUT2D eigenvalue weighted by atomic mass is 14.9. The molecule has 1 aliphatic carbocycles. The summed E-state index contributed by atoms with van der Waals surface area (Å²) in [7, 11) is 0. The monoisotopic (exact) mass is 268 g/mol. The fourth-order valence-electron chi connectivity index (χ4n) is 3.72. The van der Waals surface area contributed by atoms with Crippen LogP contribution in [-0.2, 0) is 0 Å². The smallest absolute Gasteiger partial charge is 0.0751 e. The summed E-state index contributed by atoms with van der Waals surface area (Å²) in [6, 6.07) is 9.18. The van der Waals surface area contributed by atoms with E-state index >= 15 is 0 Å². The Labute approximate surface area is 121 Å². The van der Waals surface area contributed by atoms with Crippen LogP contribution in [0.2, 0.25) is 0 Å². The Hall–Kier alpha value is -1.57. The first kappa shape index (κ1) is 13.4. The van der Waals surface area contributed by atoms with Crippen molar-refractivity contribution in [3.63, 3.8) is 0 Å². The lowest BCUT2D eigenvalue weighted by molar-refractivity contribution is 0.281. The Bertz CT molecular complexity index is 595. The van der Waals surface area contributed by atoms with Gasteiger partial charge < -0.3 is 5.32 Å². The lowest BCUT2D eigenvalue weighted by Crippen LogP contribution is -2.30. The summed E-state index contributed by atoms with van der Waals surface area (Å²) in [6.07, 6.45) is 5.80. The molecule has 2 unspecified atom stereocenters. The molecule has 0 bridgehead atoms. The average molecular weight is 268 g/mol. The quantitative estimate of drug-likeness (QED) is 0.847. The number of anilines is 1. The largest absolute Gasteiger partial charge is 0.382 e. The Balaban J connectivity index is 1.89. The van der Waals surface area contributed by atoms with Gasteiger partial charge in [0.15, 0.2) is 0 Å². The van der Waals surface area contributed by atoms with Crippen molar-refractivity contribution in [1.29, 1.82) is 0 Å². The second-order valence-electron chi connectivity index (χ2n) is 6.59. The summed E-state index contributed by atoms with van der Waals surface area (Å²) in [6.45, 7) is 6.88. The number of benzene rings is 1. The fourth-order valence-corrected chi connectivity index (χ4v) is 3.72. The van der Waals surface area contributed by atoms with Gasteiger partial charge in [-0.2, -0.15) is 0 Å². The summed E-state index contributed by atoms with van der Waals surface area (Å²) in [4.78, 5) is 4.52. The molecule has 20 heavy (non-hydrogen) atoms. The maximum atomic E-state index is 4.52. The minimum atomic E-state index is 0.597. The number of nitrogens with zero attached hydrogens (tertiary/aromatic N) is 1. The number of rotatable bonds is 2. The van der Waals surface area contributed by atoms with Crippen molar-refractivity contribution in [3.05, 3.63) is 36.0 Å². The first-order valence-electron chi connectivity index (χ1n) is 7.74. The van der Waals surface area contributed by atoms with Gasteiger partial charge in [0, 0.05) is 23.3 Å². The first-order valence-corrected chi connectivity index (χ1v) is 7.74. The molecule has 2 aromatic rings. The van der Waals surface area contributed by atoms with E-state index in [0.717, 1.165) is 17.4 Å². The highest BCUT2D eigenvalue weighted by Gasteiger charge is 2.24. The van der Waals surface area contributed by atoms with Gasteiger partial charge in [-0.15, -0.1) is 0 Å². The lowest BCUT2D eigenvalue weighted by atomic mass is 9.80. The van der Waals surface area contributed by atoms with Gasteiger partial charge in [0.05, 0.1) is 5.52 Å². The number of aryl methyl sites for hydroxylation is 1. The summed E-state index contributed by atoms with van der Waals surface area (Å²) < 4.78 is 0. The Morgan fingerprint density at radius 3 is 2.55 bits per heavy atom. The van der Waals surface area contributed by atoms with Crippen molar-refractivity contribution < 1.29 is 0 Å². The molecule has 1 heterocycles. The van der Waals surface area contributed by atoms with E-state index in [1.165, 1.54) is 35.9 Å². The van der Waals surface area contributed by atoms with Crippen molar-refractivity contribution in [2.75, 3.05) is 5.32 Å². The summed E-state index contributed by atoms with van der Waals surface area (Å²) in [5.41, 5.74) is 3.61. The molecular formula is C18H24N2. The van der Waals surface area contributed by atoms with Crippen molar-refractivity contribution in [2.24, 2.45) is 11.8 Å². The van der Waals surface area contributed by atoms with Crippen LogP contribution in [0.25, 0.3) is 10.9 Å². The molecule has 1 aromatic heterocycles. The van der Waals surface area contributed by atoms with Gasteiger partial charge in [-0.1, -0.05) is 19.9 Å². The molecule has 1 fully saturated rings. The molecule has 0 aliphatic heterocycles. The molecule has 1 aliphatic rings. The van der Waals surface area contributed by atoms with Crippen LogP contribution in [0, 0.1) is 18.8 Å². The van der Waals surface area contributed by atoms with E-state index in [1.54, 1.807) is 0 Å². The molecule has 106 valence electrons. The predicted molar refractivity (Wildman–Crippen MR) is 86.1 cm³/mol. The number of hydrogen-bond donors (Lipinski definition) is 1. The maximum Gasteiger partial charge on any atom is 0.0751 e. The minimum absolute atomic E-state index is 0.597. The van der Waals surface area contributed by atoms with Crippen molar-refractivity contribution in [2.45, 2.75) is 46.1 Å². The van der Waals surface area contributed by atoms with E-state index in [-0.39, 0.29) is 0 Å². The van der Waals surface area contributed by atoms with Crippen LogP contribution in [0.3, 0.4) is 0 Å². The highest BCUT2D eigenvalue weighted by molar-refractivity contribution is 5.93. The molecule has 0 saturated heterocycles. The Morgan fingerprint density at radius 2 is 1.80 bits per heavy atom. The molecule has 2 nitrogen and oxygen atoms in total. The summed E-state index contributed by atoms with van der Waals surface area (Å²) >= 11 is 0. The fraction of sp³-hybridized carbons (Fsp3) is 0.500. The van der Waals surface area contributed by atoms with E-state index in [2.05, 4.69) is 49.3 Å². The lowest BCUT2D eigenvalue weighted by Gasteiger charge is -2.33. The summed E-state index contributed by atoms with van der Waals surface area (Å²) in [5, 5.41) is 5.02. The average Bonchev–Trinajstić information content (AvgIpc) is 2.41. The molecule has 0 spiro atoms. The zero-order valence-electron chi connectivity index (χ0n) is 12.7. The van der Waals surface area contributed by atoms with Crippen LogP contribution in [0.5, 0.6) is 0 Å². The standard InChI is InChI=1S/C18H24N2/c1-12-9-13(2)11-15(10-12)20-17-7-6-14(3)18-16(17)5-4-8-19-18/h4-8,12-13,15,20H,9-11H2,1-3H3. The van der Waals surface area contributed by atoms with Crippen LogP contribution in [0.15, 0.2) is 30.5 Å². The molecule has 0 radical (unpaired) electrons. The van der Waals surface area contributed by atoms with Gasteiger partial charge in [-0.3, -0.25) is 4.98 Å². The first-order chi connectivity index (χ1) is 9.63. The third-order valence-electron chi connectivity index (χ3n) is 4.51. The van der Waals surface area contributed by atoms with E-state index < -0.39 is 0 Å². The SMILES string of the molecule is Cc1ccc(NC2CC(C)CC(C)C2)c2cccnc12. The van der Waals surface area contributed by atoms with E-state index in [1.807, 2.05) is 12.3 Å².